The highest BCUT2D eigenvalue weighted by molar-refractivity contribution is 7.43. The summed E-state index contributed by atoms with van der Waals surface area (Å²) in [4.78, 5) is 39.8. The summed E-state index contributed by atoms with van der Waals surface area (Å²) in [6.45, 7) is 37.9. The van der Waals surface area contributed by atoms with Crippen molar-refractivity contribution in [2.45, 2.75) is 156 Å². The molecule has 0 bridgehead atoms. The molecular weight excluding hydrogens is 760 g/mol. The second-order valence-corrected chi connectivity index (χ2v) is 22.4. The molecule has 0 heterocycles. The Morgan fingerprint density at radius 1 is 0.525 bits per heavy atom. The number of carbonyl (C=O) groups is 3. The Morgan fingerprint density at radius 3 is 1.12 bits per heavy atom. The molecular formula is C50H81O8P. The molecule has 2 aromatic carbocycles. The minimum absolute atomic E-state index is 0.0868. The van der Waals surface area contributed by atoms with E-state index >= 15 is 0 Å². The molecule has 9 heteroatoms. The molecule has 0 radical (unpaired) electrons. The number of rotatable bonds is 21. The molecule has 6 unspecified atom stereocenters. The first-order valence-corrected chi connectivity index (χ1v) is 23.1. The lowest BCUT2D eigenvalue weighted by atomic mass is 9.71. The quantitative estimate of drug-likeness (QED) is 0.0905. The fraction of sp³-hybridized carbons (Fsp3) is 0.700. The van der Waals surface area contributed by atoms with Gasteiger partial charge in [-0.05, 0) is 107 Å². The monoisotopic (exact) mass is 841 g/mol. The first-order chi connectivity index (χ1) is 27.2. The summed E-state index contributed by atoms with van der Waals surface area (Å²) in [6.07, 6.45) is 6.36. The van der Waals surface area contributed by atoms with Gasteiger partial charge in [-0.2, -0.15) is 0 Å². The Bertz CT molecular complexity index is 1500. The maximum atomic E-state index is 13.7. The van der Waals surface area contributed by atoms with Crippen LogP contribution in [0.5, 0.6) is 11.5 Å². The summed E-state index contributed by atoms with van der Waals surface area (Å²) >= 11 is 0. The Labute approximate surface area is 360 Å². The summed E-state index contributed by atoms with van der Waals surface area (Å²) in [5, 5.41) is 0. The van der Waals surface area contributed by atoms with Crippen LogP contribution in [-0.2, 0) is 18.8 Å². The summed E-state index contributed by atoms with van der Waals surface area (Å²) in [5.41, 5.74) is 0.648. The molecule has 0 saturated carbocycles. The van der Waals surface area contributed by atoms with Gasteiger partial charge in [0.25, 0.3) is 0 Å². The molecule has 0 aliphatic carbocycles. The predicted octanol–water partition coefficient (Wildman–Crippen LogP) is 14.5. The average Bonchev–Trinajstić information content (AvgIpc) is 3.10. The highest BCUT2D eigenvalue weighted by Gasteiger charge is 2.34. The number of para-hydroxylation sites is 2. The number of hydrogen-bond acceptors (Lipinski definition) is 8. The lowest BCUT2D eigenvalue weighted by molar-refractivity contribution is -0.132. The molecule has 59 heavy (non-hydrogen) atoms. The summed E-state index contributed by atoms with van der Waals surface area (Å²) in [6, 6.07) is 13.3. The molecule has 8 nitrogen and oxygen atoms in total. The maximum Gasteiger partial charge on any atom is 0.532 e. The Hall–Kier alpha value is -3.12. The zero-order valence-corrected chi connectivity index (χ0v) is 40.8. The number of carbonyl (C=O) groups excluding carboxylic acids is 3. The molecule has 334 valence electrons. The van der Waals surface area contributed by atoms with Gasteiger partial charge < -0.3 is 23.0 Å². The molecule has 0 spiro atoms. The molecule has 2 rings (SSSR count). The van der Waals surface area contributed by atoms with E-state index in [9.17, 15) is 14.4 Å². The molecule has 0 aliphatic rings. The lowest BCUT2D eigenvalue weighted by Gasteiger charge is -2.36. The van der Waals surface area contributed by atoms with E-state index < -0.39 is 26.5 Å². The van der Waals surface area contributed by atoms with Crippen LogP contribution in [0, 0.1) is 57.2 Å². The van der Waals surface area contributed by atoms with Crippen molar-refractivity contribution >= 4 is 26.5 Å². The number of hydrogen-bond donors (Lipinski definition) is 0. The second-order valence-electron chi connectivity index (χ2n) is 21.4. The van der Waals surface area contributed by atoms with Gasteiger partial charge in [-0.25, -0.2) is 9.59 Å². The van der Waals surface area contributed by atoms with Gasteiger partial charge in [-0.15, -0.1) is 0 Å². The van der Waals surface area contributed by atoms with E-state index in [0.717, 1.165) is 38.5 Å². The van der Waals surface area contributed by atoms with Gasteiger partial charge >= 0.3 is 26.5 Å². The topological polar surface area (TPSA) is 97.4 Å². The van der Waals surface area contributed by atoms with Gasteiger partial charge in [0, 0.05) is 6.92 Å². The third-order valence-corrected chi connectivity index (χ3v) is 13.3. The van der Waals surface area contributed by atoms with E-state index in [4.69, 9.17) is 23.0 Å². The van der Waals surface area contributed by atoms with E-state index in [1.54, 1.807) is 48.5 Å². The highest BCUT2D eigenvalue weighted by atomic mass is 31.2. The standard InChI is InChI=1S/C50H81O8P/c1-18-37(47(6,7)8)28-34(3)30-39(49(12,13)14)32-54-45(52)41-24-20-22-26-43(41)57-59(56-36(5)51)58-44-27-23-21-25-42(44)46(53)55-33-40(50(15,16)17)31-35(4)29-38(19-2)48(9,10)11/h20-27,34-35,37-40H,18-19,28-33H2,1-17H3. The number of benzene rings is 2. The molecule has 0 aliphatic heterocycles. The zero-order chi connectivity index (χ0) is 44.9. The van der Waals surface area contributed by atoms with Gasteiger partial charge in [0.15, 0.2) is 0 Å². The summed E-state index contributed by atoms with van der Waals surface area (Å²) < 4.78 is 29.8. The molecule has 0 amide bonds. The number of ether oxygens (including phenoxy) is 2. The Balaban J connectivity index is 2.25. The van der Waals surface area contributed by atoms with Crippen molar-refractivity contribution < 1.29 is 37.4 Å². The SMILES string of the molecule is CCC(CC(C)CC(COC(=O)c1ccccc1OP(OC(C)=O)Oc1ccccc1C(=O)OCC(CC(C)CC(CC)C(C)(C)C)C(C)(C)C)C(C)(C)C)C(C)(C)C. The largest absolute Gasteiger partial charge is 0.532 e. The molecule has 2 aromatic rings. The van der Waals surface area contributed by atoms with Crippen molar-refractivity contribution in [3.8, 4) is 11.5 Å². The third-order valence-electron chi connectivity index (χ3n) is 12.2. The smallest absolute Gasteiger partial charge is 0.462 e. The van der Waals surface area contributed by atoms with Crippen molar-refractivity contribution in [3.05, 3.63) is 59.7 Å². The molecule has 0 aromatic heterocycles. The van der Waals surface area contributed by atoms with Crippen molar-refractivity contribution in [1.29, 1.82) is 0 Å². The number of esters is 2. The minimum Gasteiger partial charge on any atom is -0.462 e. The van der Waals surface area contributed by atoms with Crippen LogP contribution in [0.25, 0.3) is 0 Å². The predicted molar refractivity (Wildman–Crippen MR) is 243 cm³/mol. The van der Waals surface area contributed by atoms with Gasteiger partial charge in [-0.3, -0.25) is 4.79 Å². The van der Waals surface area contributed by atoms with E-state index in [1.165, 1.54) is 6.92 Å². The first-order valence-electron chi connectivity index (χ1n) is 22.0. The average molecular weight is 841 g/mol. The first kappa shape index (κ1) is 52.0. The van der Waals surface area contributed by atoms with E-state index in [-0.39, 0.29) is 69.3 Å². The fourth-order valence-corrected chi connectivity index (χ4v) is 8.96. The van der Waals surface area contributed by atoms with Crippen LogP contribution in [0.1, 0.15) is 177 Å². The Kier molecular flexibility index (Phi) is 20.0. The van der Waals surface area contributed by atoms with Crippen LogP contribution < -0.4 is 9.05 Å². The van der Waals surface area contributed by atoms with E-state index in [0.29, 0.717) is 23.7 Å². The van der Waals surface area contributed by atoms with Crippen molar-refractivity contribution in [2.75, 3.05) is 13.2 Å². The van der Waals surface area contributed by atoms with Crippen LogP contribution in [0.2, 0.25) is 0 Å². The Morgan fingerprint density at radius 2 is 0.831 bits per heavy atom. The van der Waals surface area contributed by atoms with Crippen LogP contribution >= 0.6 is 8.60 Å². The van der Waals surface area contributed by atoms with Crippen LogP contribution in [0.4, 0.5) is 0 Å². The molecule has 0 saturated heterocycles. The normalized spacial score (nSPS) is 16.2. The lowest BCUT2D eigenvalue weighted by Crippen LogP contribution is -2.30. The summed E-state index contributed by atoms with van der Waals surface area (Å²) in [5.74, 6) is 0.943. The second kappa shape index (κ2) is 22.6. The van der Waals surface area contributed by atoms with E-state index in [2.05, 4.69) is 111 Å². The maximum absolute atomic E-state index is 13.7. The van der Waals surface area contributed by atoms with Crippen molar-refractivity contribution in [1.82, 2.24) is 0 Å². The van der Waals surface area contributed by atoms with Crippen molar-refractivity contribution in [3.63, 3.8) is 0 Å². The third kappa shape index (κ3) is 17.8. The van der Waals surface area contributed by atoms with Crippen LogP contribution in [-0.4, -0.2) is 31.1 Å². The fourth-order valence-electron chi connectivity index (χ4n) is 8.00. The molecule has 6 atom stereocenters. The van der Waals surface area contributed by atoms with Crippen LogP contribution in [0.3, 0.4) is 0 Å². The van der Waals surface area contributed by atoms with Crippen LogP contribution in [0.15, 0.2) is 48.5 Å². The van der Waals surface area contributed by atoms with Gasteiger partial charge in [0.05, 0.1) is 13.2 Å². The minimum atomic E-state index is -2.44. The molecule has 0 fully saturated rings. The van der Waals surface area contributed by atoms with E-state index in [1.807, 2.05) is 0 Å². The van der Waals surface area contributed by atoms with Gasteiger partial charge in [0.1, 0.15) is 22.6 Å². The summed E-state index contributed by atoms with van der Waals surface area (Å²) in [7, 11) is -2.44. The molecule has 0 N–H and O–H groups in total. The van der Waals surface area contributed by atoms with Gasteiger partial charge in [0.2, 0.25) is 0 Å². The highest BCUT2D eigenvalue weighted by Crippen LogP contribution is 2.45. The van der Waals surface area contributed by atoms with Gasteiger partial charge in [-0.1, -0.05) is 148 Å². The zero-order valence-electron chi connectivity index (χ0n) is 40.0. The van der Waals surface area contributed by atoms with Crippen molar-refractivity contribution in [2.24, 2.45) is 57.2 Å².